The summed E-state index contributed by atoms with van der Waals surface area (Å²) in [5, 5.41) is 4.51. The minimum atomic E-state index is 0.0430. The van der Waals surface area contributed by atoms with Crippen LogP contribution in [0.15, 0.2) is 30.6 Å². The van der Waals surface area contributed by atoms with Crippen LogP contribution >= 0.6 is 11.3 Å². The molecule has 3 rings (SSSR count). The number of amides is 1. The highest BCUT2D eigenvalue weighted by Gasteiger charge is 2.14. The van der Waals surface area contributed by atoms with Gasteiger partial charge < -0.3 is 10.2 Å². The van der Waals surface area contributed by atoms with Gasteiger partial charge in [-0.1, -0.05) is 12.1 Å². The average molecular weight is 369 g/mol. The van der Waals surface area contributed by atoms with Crippen molar-refractivity contribution < 1.29 is 4.79 Å². The number of carbonyl (C=O) groups is 1. The molecule has 136 valence electrons. The number of thiophene rings is 1. The van der Waals surface area contributed by atoms with Gasteiger partial charge in [0, 0.05) is 30.1 Å². The van der Waals surface area contributed by atoms with Crippen molar-refractivity contribution in [2.75, 3.05) is 12.4 Å². The number of nitrogens with zero attached hydrogens (tertiary/aromatic N) is 3. The monoisotopic (exact) mass is 368 g/mol. The van der Waals surface area contributed by atoms with Gasteiger partial charge in [0.05, 0.1) is 5.39 Å². The number of fused-ring (bicyclic) bond motifs is 1. The van der Waals surface area contributed by atoms with Gasteiger partial charge in [0.25, 0.3) is 5.91 Å². The van der Waals surface area contributed by atoms with Gasteiger partial charge in [-0.05, 0) is 51.0 Å². The van der Waals surface area contributed by atoms with E-state index in [1.54, 1.807) is 22.6 Å². The molecule has 0 radical (unpaired) electrons. The molecule has 0 unspecified atom stereocenters. The third-order valence-electron chi connectivity index (χ3n) is 4.72. The summed E-state index contributed by atoms with van der Waals surface area (Å²) in [7, 11) is 1.83. The highest BCUT2D eigenvalue weighted by molar-refractivity contribution is 7.18. The molecule has 1 amide bonds. The molecule has 0 aliphatic rings. The maximum Gasteiger partial charge on any atom is 0.253 e. The first-order valence-electron chi connectivity index (χ1n) is 8.69. The Morgan fingerprint density at radius 3 is 2.54 bits per heavy atom. The van der Waals surface area contributed by atoms with Gasteiger partial charge in [-0.2, -0.15) is 0 Å². The number of carbonyl (C=O) groups excluding carboxylic acids is 1. The molecule has 0 fully saturated rings. The fourth-order valence-corrected chi connectivity index (χ4v) is 3.70. The minimum Gasteiger partial charge on any atom is -0.365 e. The van der Waals surface area contributed by atoms with Crippen molar-refractivity contribution in [2.24, 2.45) is 0 Å². The topological polar surface area (TPSA) is 58.1 Å². The maximum atomic E-state index is 12.4. The largest absolute Gasteiger partial charge is 0.365 e. The van der Waals surface area contributed by atoms with E-state index in [0.717, 1.165) is 21.6 Å². The minimum absolute atomic E-state index is 0.0430. The Morgan fingerprint density at radius 1 is 1.19 bits per heavy atom. The van der Waals surface area contributed by atoms with Crippen molar-refractivity contribution in [1.29, 1.82) is 0 Å². The number of nitrogens with one attached hydrogen (secondary N) is 1. The predicted molar refractivity (Wildman–Crippen MR) is 108 cm³/mol. The third-order valence-corrected chi connectivity index (χ3v) is 5.84. The fourth-order valence-electron chi connectivity index (χ4n) is 2.71. The summed E-state index contributed by atoms with van der Waals surface area (Å²) in [6.45, 7) is 8.87. The van der Waals surface area contributed by atoms with Crippen LogP contribution in [0.2, 0.25) is 0 Å². The molecule has 0 aliphatic carbocycles. The van der Waals surface area contributed by atoms with Crippen molar-refractivity contribution in [1.82, 2.24) is 14.9 Å². The van der Waals surface area contributed by atoms with E-state index in [1.807, 2.05) is 45.2 Å². The molecule has 26 heavy (non-hydrogen) atoms. The lowest BCUT2D eigenvalue weighted by Gasteiger charge is -2.21. The zero-order chi connectivity index (χ0) is 18.8. The summed E-state index contributed by atoms with van der Waals surface area (Å²) in [4.78, 5) is 25.1. The maximum absolute atomic E-state index is 12.4. The Hall–Kier alpha value is -2.47. The molecule has 0 spiro atoms. The summed E-state index contributed by atoms with van der Waals surface area (Å²) in [5.41, 5.74) is 3.04. The number of rotatable bonds is 5. The van der Waals surface area contributed by atoms with Crippen LogP contribution in [0.3, 0.4) is 0 Å². The Kier molecular flexibility index (Phi) is 5.23. The van der Waals surface area contributed by atoms with Gasteiger partial charge in [-0.3, -0.25) is 4.79 Å². The lowest BCUT2D eigenvalue weighted by atomic mass is 10.1. The summed E-state index contributed by atoms with van der Waals surface area (Å²) >= 11 is 1.69. The van der Waals surface area contributed by atoms with E-state index in [0.29, 0.717) is 12.1 Å². The Bertz CT molecular complexity index is 931. The van der Waals surface area contributed by atoms with Crippen LogP contribution in [-0.4, -0.2) is 33.9 Å². The smallest absolute Gasteiger partial charge is 0.253 e. The van der Waals surface area contributed by atoms with Gasteiger partial charge in [-0.15, -0.1) is 11.3 Å². The Morgan fingerprint density at radius 2 is 1.88 bits per heavy atom. The van der Waals surface area contributed by atoms with Gasteiger partial charge in [0.2, 0.25) is 0 Å². The van der Waals surface area contributed by atoms with E-state index >= 15 is 0 Å². The van der Waals surface area contributed by atoms with Crippen molar-refractivity contribution in [3.63, 3.8) is 0 Å². The van der Waals surface area contributed by atoms with E-state index in [2.05, 4.69) is 29.1 Å². The second kappa shape index (κ2) is 7.41. The molecule has 0 atom stereocenters. The van der Waals surface area contributed by atoms with Crippen LogP contribution in [0.4, 0.5) is 5.82 Å². The zero-order valence-electron chi connectivity index (χ0n) is 15.8. The molecule has 3 aromatic rings. The van der Waals surface area contributed by atoms with Crippen LogP contribution in [0.1, 0.15) is 40.2 Å². The number of hydrogen-bond acceptors (Lipinski definition) is 5. The molecule has 0 bridgehead atoms. The molecule has 1 aromatic carbocycles. The van der Waals surface area contributed by atoms with Crippen molar-refractivity contribution >= 4 is 33.3 Å². The standard InChI is InChI=1S/C20H24N4OS/c1-12(2)24(5)20(25)16-8-6-15(7-9-16)10-21-18-17-13(3)14(4)26-19(17)23-11-22-18/h6-9,11-12H,10H2,1-5H3,(H,21,22,23). The molecular weight excluding hydrogens is 344 g/mol. The van der Waals surface area contributed by atoms with Crippen LogP contribution in [0, 0.1) is 13.8 Å². The van der Waals surface area contributed by atoms with Crippen LogP contribution in [0.5, 0.6) is 0 Å². The molecular formula is C20H24N4OS. The van der Waals surface area contributed by atoms with E-state index < -0.39 is 0 Å². The number of aryl methyl sites for hydroxylation is 2. The van der Waals surface area contributed by atoms with Gasteiger partial charge in [-0.25, -0.2) is 9.97 Å². The van der Waals surface area contributed by atoms with E-state index in [-0.39, 0.29) is 11.9 Å². The van der Waals surface area contributed by atoms with Gasteiger partial charge >= 0.3 is 0 Å². The highest BCUT2D eigenvalue weighted by atomic mass is 32.1. The number of aromatic nitrogens is 2. The van der Waals surface area contributed by atoms with Gasteiger partial charge in [0.1, 0.15) is 17.0 Å². The number of hydrogen-bond donors (Lipinski definition) is 1. The molecule has 6 heteroatoms. The van der Waals surface area contributed by atoms with Gasteiger partial charge in [0.15, 0.2) is 0 Å². The summed E-state index contributed by atoms with van der Waals surface area (Å²) < 4.78 is 0. The second-order valence-corrected chi connectivity index (χ2v) is 7.95. The van der Waals surface area contributed by atoms with Crippen molar-refractivity contribution in [2.45, 2.75) is 40.3 Å². The Balaban J connectivity index is 1.74. The van der Waals surface area contributed by atoms with E-state index in [9.17, 15) is 4.79 Å². The first-order chi connectivity index (χ1) is 12.4. The Labute approximate surface area is 158 Å². The first kappa shape index (κ1) is 18.3. The third kappa shape index (κ3) is 3.55. The van der Waals surface area contributed by atoms with E-state index in [1.165, 1.54) is 10.4 Å². The molecule has 2 aromatic heterocycles. The normalized spacial score (nSPS) is 11.2. The molecule has 1 N–H and O–H groups in total. The summed E-state index contributed by atoms with van der Waals surface area (Å²) in [6, 6.07) is 7.92. The molecule has 0 aliphatic heterocycles. The zero-order valence-corrected chi connectivity index (χ0v) is 16.6. The SMILES string of the molecule is Cc1sc2ncnc(NCc3ccc(C(=O)N(C)C(C)C)cc3)c2c1C. The van der Waals surface area contributed by atoms with Crippen LogP contribution in [-0.2, 0) is 6.54 Å². The molecule has 5 nitrogen and oxygen atoms in total. The van der Waals surface area contributed by atoms with Crippen molar-refractivity contribution in [3.05, 3.63) is 52.2 Å². The fraction of sp³-hybridized carbons (Fsp3) is 0.350. The number of anilines is 1. The first-order valence-corrected chi connectivity index (χ1v) is 9.50. The van der Waals surface area contributed by atoms with E-state index in [4.69, 9.17) is 0 Å². The average Bonchev–Trinajstić information content (AvgIpc) is 2.93. The number of benzene rings is 1. The lowest BCUT2D eigenvalue weighted by molar-refractivity contribution is 0.0755. The molecule has 0 saturated heterocycles. The quantitative estimate of drug-likeness (QED) is 0.725. The second-order valence-electron chi connectivity index (χ2n) is 6.75. The summed E-state index contributed by atoms with van der Waals surface area (Å²) in [6.07, 6.45) is 1.60. The highest BCUT2D eigenvalue weighted by Crippen LogP contribution is 2.32. The molecule has 0 saturated carbocycles. The lowest BCUT2D eigenvalue weighted by Crippen LogP contribution is -2.32. The van der Waals surface area contributed by atoms with Crippen LogP contribution < -0.4 is 5.32 Å². The van der Waals surface area contributed by atoms with Crippen molar-refractivity contribution in [3.8, 4) is 0 Å². The van der Waals surface area contributed by atoms with Crippen LogP contribution in [0.25, 0.3) is 10.2 Å². The summed E-state index contributed by atoms with van der Waals surface area (Å²) in [5.74, 6) is 0.901. The predicted octanol–water partition coefficient (Wildman–Crippen LogP) is 4.40. The molecule has 2 heterocycles.